The number of likely N-dealkylation sites (N-methyl/N-ethyl adjacent to an activating group) is 1. The van der Waals surface area contributed by atoms with E-state index in [1.807, 2.05) is 12.1 Å². The van der Waals surface area contributed by atoms with Gasteiger partial charge in [-0.3, -0.25) is 9.59 Å². The van der Waals surface area contributed by atoms with Crippen molar-refractivity contribution in [2.45, 2.75) is 31.7 Å². The molecule has 0 aromatic heterocycles. The van der Waals surface area contributed by atoms with Gasteiger partial charge in [-0.2, -0.15) is 0 Å². The van der Waals surface area contributed by atoms with Gasteiger partial charge in [-0.25, -0.2) is 0 Å². The molecule has 2 fully saturated rings. The Bertz CT molecular complexity index is 666. The van der Waals surface area contributed by atoms with Crippen molar-refractivity contribution >= 4 is 17.5 Å². The van der Waals surface area contributed by atoms with E-state index in [0.717, 1.165) is 31.6 Å². The number of amides is 2. The van der Waals surface area contributed by atoms with Crippen LogP contribution in [0.5, 0.6) is 11.5 Å². The fourth-order valence-electron chi connectivity index (χ4n) is 3.87. The van der Waals surface area contributed by atoms with Gasteiger partial charge in [0.1, 0.15) is 17.5 Å². The highest BCUT2D eigenvalue weighted by Crippen LogP contribution is 2.32. The molecule has 0 aliphatic carbocycles. The molecule has 2 unspecified atom stereocenters. The Kier molecular flexibility index (Phi) is 6.21. The number of methoxy groups -OCH3 is 2. The van der Waals surface area contributed by atoms with Gasteiger partial charge in [0, 0.05) is 38.2 Å². The average molecular weight is 375 g/mol. The van der Waals surface area contributed by atoms with Gasteiger partial charge in [0.05, 0.1) is 19.9 Å². The van der Waals surface area contributed by atoms with Gasteiger partial charge >= 0.3 is 0 Å². The van der Waals surface area contributed by atoms with Crippen LogP contribution < -0.4 is 19.7 Å². The summed E-state index contributed by atoms with van der Waals surface area (Å²) in [6.07, 6.45) is 3.14. The Hall–Kier alpha value is -2.28. The van der Waals surface area contributed by atoms with Crippen molar-refractivity contribution in [3.63, 3.8) is 0 Å². The SMILES string of the molecule is COc1cc(OC)cc(N2CCC(N(C)C(=O)CCC3CCNC3)C2=O)c1. The Morgan fingerprint density at radius 2 is 1.93 bits per heavy atom. The number of hydrogen-bond donors (Lipinski definition) is 1. The third kappa shape index (κ3) is 4.35. The normalized spacial score (nSPS) is 22.2. The molecule has 0 spiro atoms. The fraction of sp³-hybridized carbons (Fsp3) is 0.600. The van der Waals surface area contributed by atoms with Crippen LogP contribution >= 0.6 is 0 Å². The van der Waals surface area contributed by atoms with Crippen LogP contribution in [-0.4, -0.2) is 63.7 Å². The molecular weight excluding hydrogens is 346 g/mol. The van der Waals surface area contributed by atoms with Gasteiger partial charge in [0.15, 0.2) is 0 Å². The number of benzene rings is 1. The first-order valence-electron chi connectivity index (χ1n) is 9.54. The maximum absolute atomic E-state index is 13.0. The summed E-state index contributed by atoms with van der Waals surface area (Å²) in [5.74, 6) is 1.83. The maximum atomic E-state index is 13.0. The largest absolute Gasteiger partial charge is 0.497 e. The van der Waals surface area contributed by atoms with Crippen LogP contribution in [0.4, 0.5) is 5.69 Å². The molecule has 2 heterocycles. The van der Waals surface area contributed by atoms with Gasteiger partial charge in [-0.1, -0.05) is 0 Å². The van der Waals surface area contributed by atoms with E-state index in [9.17, 15) is 9.59 Å². The molecule has 1 N–H and O–H groups in total. The number of carbonyl (C=O) groups is 2. The number of rotatable bonds is 7. The van der Waals surface area contributed by atoms with Gasteiger partial charge in [0.2, 0.25) is 11.8 Å². The summed E-state index contributed by atoms with van der Waals surface area (Å²) in [4.78, 5) is 28.9. The van der Waals surface area contributed by atoms with Crippen LogP contribution in [0.15, 0.2) is 18.2 Å². The van der Waals surface area contributed by atoms with E-state index in [2.05, 4.69) is 5.32 Å². The van der Waals surface area contributed by atoms with Crippen molar-refractivity contribution in [3.8, 4) is 11.5 Å². The van der Waals surface area contributed by atoms with Crippen LogP contribution in [0, 0.1) is 5.92 Å². The number of hydrogen-bond acceptors (Lipinski definition) is 5. The van der Waals surface area contributed by atoms with Crippen LogP contribution in [-0.2, 0) is 9.59 Å². The second kappa shape index (κ2) is 8.61. The van der Waals surface area contributed by atoms with E-state index in [1.54, 1.807) is 37.1 Å². The van der Waals surface area contributed by atoms with E-state index in [4.69, 9.17) is 9.47 Å². The molecule has 0 bridgehead atoms. The highest BCUT2D eigenvalue weighted by atomic mass is 16.5. The second-order valence-corrected chi connectivity index (χ2v) is 7.27. The zero-order valence-electron chi connectivity index (χ0n) is 16.4. The molecule has 7 heteroatoms. The Balaban J connectivity index is 1.64. The summed E-state index contributed by atoms with van der Waals surface area (Å²) < 4.78 is 10.6. The number of anilines is 1. The summed E-state index contributed by atoms with van der Waals surface area (Å²) in [6, 6.07) is 5.00. The van der Waals surface area contributed by atoms with Crippen molar-refractivity contribution in [3.05, 3.63) is 18.2 Å². The lowest BCUT2D eigenvalue weighted by Crippen LogP contribution is -2.43. The molecule has 2 saturated heterocycles. The Labute approximate surface area is 160 Å². The quantitative estimate of drug-likeness (QED) is 0.785. The molecule has 3 rings (SSSR count). The minimum absolute atomic E-state index is 0.0466. The fourth-order valence-corrected chi connectivity index (χ4v) is 3.87. The highest BCUT2D eigenvalue weighted by Gasteiger charge is 2.37. The minimum atomic E-state index is -0.406. The lowest BCUT2D eigenvalue weighted by molar-refractivity contribution is -0.136. The lowest BCUT2D eigenvalue weighted by Gasteiger charge is -2.25. The third-order valence-corrected chi connectivity index (χ3v) is 5.61. The molecule has 1 aromatic rings. The van der Waals surface area contributed by atoms with Crippen molar-refractivity contribution in [2.24, 2.45) is 5.92 Å². The molecule has 0 radical (unpaired) electrons. The summed E-state index contributed by atoms with van der Waals surface area (Å²) in [6.45, 7) is 2.60. The summed E-state index contributed by atoms with van der Waals surface area (Å²) >= 11 is 0. The van der Waals surface area contributed by atoms with Gasteiger partial charge in [0.25, 0.3) is 0 Å². The van der Waals surface area contributed by atoms with Gasteiger partial charge in [-0.15, -0.1) is 0 Å². The Morgan fingerprint density at radius 1 is 1.22 bits per heavy atom. The molecule has 7 nitrogen and oxygen atoms in total. The van der Waals surface area contributed by atoms with Crippen LogP contribution in [0.2, 0.25) is 0 Å². The molecular formula is C20H29N3O4. The first kappa shape index (κ1) is 19.5. The standard InChI is InChI=1S/C20H29N3O4/c1-22(19(24)5-4-14-6-8-21-13-14)18-7-9-23(20(18)25)15-10-16(26-2)12-17(11-15)27-3/h10-12,14,18,21H,4-9,13H2,1-3H3. The molecule has 2 atom stereocenters. The van der Waals surface area contributed by atoms with E-state index in [-0.39, 0.29) is 11.8 Å². The van der Waals surface area contributed by atoms with E-state index >= 15 is 0 Å². The van der Waals surface area contributed by atoms with E-state index in [0.29, 0.717) is 36.8 Å². The first-order valence-corrected chi connectivity index (χ1v) is 9.54. The Morgan fingerprint density at radius 3 is 2.52 bits per heavy atom. The summed E-state index contributed by atoms with van der Waals surface area (Å²) in [5, 5.41) is 3.32. The summed E-state index contributed by atoms with van der Waals surface area (Å²) in [7, 11) is 4.91. The monoisotopic (exact) mass is 375 g/mol. The van der Waals surface area contributed by atoms with Gasteiger partial charge < -0.3 is 24.6 Å². The van der Waals surface area contributed by atoms with E-state index < -0.39 is 6.04 Å². The van der Waals surface area contributed by atoms with Crippen molar-refractivity contribution < 1.29 is 19.1 Å². The number of carbonyl (C=O) groups excluding carboxylic acids is 2. The number of nitrogens with one attached hydrogen (secondary N) is 1. The molecule has 1 aromatic carbocycles. The lowest BCUT2D eigenvalue weighted by atomic mass is 10.0. The highest BCUT2D eigenvalue weighted by molar-refractivity contribution is 6.01. The van der Waals surface area contributed by atoms with Crippen molar-refractivity contribution in [1.29, 1.82) is 0 Å². The first-order chi connectivity index (χ1) is 13.0. The van der Waals surface area contributed by atoms with Crippen LogP contribution in [0.25, 0.3) is 0 Å². The average Bonchev–Trinajstić information content (AvgIpc) is 3.34. The predicted molar refractivity (Wildman–Crippen MR) is 103 cm³/mol. The number of ether oxygens (including phenoxy) is 2. The molecule has 2 aliphatic rings. The molecule has 2 aliphatic heterocycles. The number of nitrogens with zero attached hydrogens (tertiary/aromatic N) is 2. The maximum Gasteiger partial charge on any atom is 0.249 e. The van der Waals surface area contributed by atoms with Crippen molar-refractivity contribution in [1.82, 2.24) is 10.2 Å². The zero-order chi connectivity index (χ0) is 19.4. The molecule has 2 amide bonds. The predicted octanol–water partition coefficient (Wildman–Crippen LogP) is 1.66. The van der Waals surface area contributed by atoms with Crippen LogP contribution in [0.3, 0.4) is 0 Å². The zero-order valence-corrected chi connectivity index (χ0v) is 16.4. The second-order valence-electron chi connectivity index (χ2n) is 7.27. The van der Waals surface area contributed by atoms with E-state index in [1.165, 1.54) is 0 Å². The summed E-state index contributed by atoms with van der Waals surface area (Å²) in [5.41, 5.74) is 0.733. The topological polar surface area (TPSA) is 71.1 Å². The smallest absolute Gasteiger partial charge is 0.249 e. The van der Waals surface area contributed by atoms with Crippen LogP contribution in [0.1, 0.15) is 25.7 Å². The molecule has 27 heavy (non-hydrogen) atoms. The molecule has 0 saturated carbocycles. The molecule has 148 valence electrons. The minimum Gasteiger partial charge on any atom is -0.497 e. The van der Waals surface area contributed by atoms with Crippen molar-refractivity contribution in [2.75, 3.05) is 45.8 Å². The third-order valence-electron chi connectivity index (χ3n) is 5.61. The van der Waals surface area contributed by atoms with Gasteiger partial charge in [-0.05, 0) is 38.3 Å².